The summed E-state index contributed by atoms with van der Waals surface area (Å²) >= 11 is 0. The van der Waals surface area contributed by atoms with Crippen molar-refractivity contribution < 1.29 is 34.2 Å². The zero-order chi connectivity index (χ0) is 26.8. The molecule has 196 valence electrons. The summed E-state index contributed by atoms with van der Waals surface area (Å²) < 4.78 is 0. The van der Waals surface area contributed by atoms with E-state index in [4.69, 9.17) is 10.8 Å². The van der Waals surface area contributed by atoms with E-state index >= 15 is 0 Å². The lowest BCUT2D eigenvalue weighted by Gasteiger charge is -2.27. The first-order valence-electron chi connectivity index (χ1n) is 11.7. The third-order valence-corrected chi connectivity index (χ3v) is 5.99. The van der Waals surface area contributed by atoms with Gasteiger partial charge in [-0.05, 0) is 24.0 Å². The van der Waals surface area contributed by atoms with Gasteiger partial charge in [-0.25, -0.2) is 4.79 Å². The number of aromatic nitrogens is 1. The molecule has 2 aromatic rings. The molecule has 1 aromatic carbocycles. The van der Waals surface area contributed by atoms with Crippen LogP contribution in [0.4, 0.5) is 0 Å². The number of carbonyl (C=O) groups excluding carboxylic acids is 3. The fraction of sp³-hybridized carbons (Fsp3) is 0.458. The molecule has 0 saturated heterocycles. The summed E-state index contributed by atoms with van der Waals surface area (Å²) in [6, 6.07) is 3.85. The van der Waals surface area contributed by atoms with Crippen molar-refractivity contribution in [2.24, 2.45) is 11.7 Å². The van der Waals surface area contributed by atoms with Crippen molar-refractivity contribution in [3.05, 3.63) is 36.0 Å². The van der Waals surface area contributed by atoms with E-state index in [9.17, 15) is 29.1 Å². The molecule has 0 aliphatic heterocycles. The molecule has 0 bridgehead atoms. The monoisotopic (exact) mass is 503 g/mol. The molecule has 0 fully saturated rings. The van der Waals surface area contributed by atoms with Gasteiger partial charge in [0.15, 0.2) is 0 Å². The van der Waals surface area contributed by atoms with Crippen molar-refractivity contribution in [1.82, 2.24) is 20.9 Å². The maximum absolute atomic E-state index is 13.3. The van der Waals surface area contributed by atoms with Crippen LogP contribution in [0, 0.1) is 5.92 Å². The maximum atomic E-state index is 13.3. The van der Waals surface area contributed by atoms with Gasteiger partial charge in [0.2, 0.25) is 17.7 Å². The molecule has 0 radical (unpaired) electrons. The van der Waals surface area contributed by atoms with Crippen LogP contribution in [0.5, 0.6) is 0 Å². The van der Waals surface area contributed by atoms with Crippen molar-refractivity contribution in [3.8, 4) is 0 Å². The van der Waals surface area contributed by atoms with E-state index in [1.54, 1.807) is 20.0 Å². The number of nitrogens with one attached hydrogen (secondary N) is 4. The molecule has 3 amide bonds. The van der Waals surface area contributed by atoms with Gasteiger partial charge in [-0.2, -0.15) is 0 Å². The molecule has 4 unspecified atom stereocenters. The number of nitrogens with two attached hydrogens (primary N) is 1. The Labute approximate surface area is 208 Å². The third-order valence-electron chi connectivity index (χ3n) is 5.99. The second-order valence-corrected chi connectivity index (χ2v) is 8.59. The Bertz CT molecular complexity index is 1100. The number of carbonyl (C=O) groups is 5. The number of hydrogen-bond acceptors (Lipinski definition) is 6. The van der Waals surface area contributed by atoms with Crippen molar-refractivity contribution in [3.63, 3.8) is 0 Å². The fourth-order valence-corrected chi connectivity index (χ4v) is 3.73. The van der Waals surface area contributed by atoms with Crippen LogP contribution in [-0.4, -0.2) is 69.5 Å². The average molecular weight is 504 g/mol. The lowest BCUT2D eigenvalue weighted by molar-refractivity contribution is -0.143. The molecule has 2 rings (SSSR count). The molecule has 0 spiro atoms. The fourth-order valence-electron chi connectivity index (χ4n) is 3.73. The quantitative estimate of drug-likeness (QED) is 0.188. The van der Waals surface area contributed by atoms with E-state index in [1.165, 1.54) is 0 Å². The summed E-state index contributed by atoms with van der Waals surface area (Å²) in [4.78, 5) is 63.8. The van der Waals surface area contributed by atoms with Crippen LogP contribution in [0.1, 0.15) is 38.7 Å². The van der Waals surface area contributed by atoms with E-state index in [1.807, 2.05) is 24.3 Å². The van der Waals surface area contributed by atoms with Crippen molar-refractivity contribution in [2.45, 2.75) is 57.7 Å². The Balaban J connectivity index is 2.24. The smallest absolute Gasteiger partial charge is 0.326 e. The lowest BCUT2D eigenvalue weighted by atomic mass is 9.96. The zero-order valence-electron chi connectivity index (χ0n) is 20.2. The average Bonchev–Trinajstić information content (AvgIpc) is 3.26. The van der Waals surface area contributed by atoms with Crippen LogP contribution in [0.2, 0.25) is 0 Å². The van der Waals surface area contributed by atoms with Crippen molar-refractivity contribution in [2.75, 3.05) is 6.54 Å². The topological polar surface area (TPSA) is 204 Å². The van der Waals surface area contributed by atoms with Gasteiger partial charge in [0, 0.05) is 29.9 Å². The van der Waals surface area contributed by atoms with E-state index in [-0.39, 0.29) is 25.3 Å². The number of rotatable bonds is 14. The number of amides is 3. The number of aliphatic carboxylic acids is 2. The number of benzene rings is 1. The van der Waals surface area contributed by atoms with Gasteiger partial charge in [-0.15, -0.1) is 0 Å². The first kappa shape index (κ1) is 28.3. The number of para-hydroxylation sites is 1. The Morgan fingerprint density at radius 1 is 1.00 bits per heavy atom. The number of hydrogen-bond donors (Lipinski definition) is 7. The minimum absolute atomic E-state index is 0.118. The Morgan fingerprint density at radius 3 is 2.31 bits per heavy atom. The standard InChI is InChI=1S/C24H33N5O7/c1-3-13(2)21(23(34)28-17(24(35)36)8-9-20(31)32)29-22(33)18(27-19(30)11-25)10-14-12-26-16-7-5-4-6-15(14)16/h4-7,12-13,17-18,21,26H,3,8-11,25H2,1-2H3,(H,27,30)(H,28,34)(H,29,33)(H,31,32)(H,35,36). The molecule has 1 heterocycles. The van der Waals surface area contributed by atoms with Gasteiger partial charge >= 0.3 is 11.9 Å². The van der Waals surface area contributed by atoms with E-state index in [0.29, 0.717) is 6.42 Å². The van der Waals surface area contributed by atoms with Gasteiger partial charge in [-0.1, -0.05) is 38.5 Å². The van der Waals surface area contributed by atoms with Crippen LogP contribution < -0.4 is 21.7 Å². The molecule has 12 heteroatoms. The Hall–Kier alpha value is -3.93. The summed E-state index contributed by atoms with van der Waals surface area (Å²) in [5, 5.41) is 26.6. The molecular weight excluding hydrogens is 470 g/mol. The highest BCUT2D eigenvalue weighted by Gasteiger charge is 2.32. The molecular formula is C24H33N5O7. The molecule has 1 aromatic heterocycles. The van der Waals surface area contributed by atoms with E-state index in [0.717, 1.165) is 16.5 Å². The minimum atomic E-state index is -1.43. The SMILES string of the molecule is CCC(C)C(NC(=O)C(Cc1c[nH]c2ccccc12)NC(=O)CN)C(=O)NC(CCC(=O)O)C(=O)O. The van der Waals surface area contributed by atoms with Crippen LogP contribution in [0.25, 0.3) is 10.9 Å². The van der Waals surface area contributed by atoms with Gasteiger partial charge in [0.05, 0.1) is 6.54 Å². The van der Waals surface area contributed by atoms with Crippen LogP contribution in [0.3, 0.4) is 0 Å². The molecule has 36 heavy (non-hydrogen) atoms. The lowest BCUT2D eigenvalue weighted by Crippen LogP contribution is -2.58. The highest BCUT2D eigenvalue weighted by atomic mass is 16.4. The molecule has 8 N–H and O–H groups in total. The summed E-state index contributed by atoms with van der Waals surface area (Å²) in [7, 11) is 0. The molecule has 4 atom stereocenters. The van der Waals surface area contributed by atoms with Crippen LogP contribution in [0.15, 0.2) is 30.5 Å². The highest BCUT2D eigenvalue weighted by molar-refractivity contribution is 5.94. The molecule has 0 aliphatic carbocycles. The number of aromatic amines is 1. The molecule has 0 aliphatic rings. The maximum Gasteiger partial charge on any atom is 0.326 e. The molecule has 0 saturated carbocycles. The predicted octanol–water partition coefficient (Wildman–Crippen LogP) is 0.119. The second-order valence-electron chi connectivity index (χ2n) is 8.59. The summed E-state index contributed by atoms with van der Waals surface area (Å²) in [6.45, 7) is 3.18. The Kier molecular flexibility index (Phi) is 10.4. The van der Waals surface area contributed by atoms with Gasteiger partial charge < -0.3 is 36.9 Å². The number of carboxylic acids is 2. The van der Waals surface area contributed by atoms with Crippen LogP contribution >= 0.6 is 0 Å². The number of fused-ring (bicyclic) bond motifs is 1. The summed E-state index contributed by atoms with van der Waals surface area (Å²) in [6.07, 6.45) is 1.57. The largest absolute Gasteiger partial charge is 0.481 e. The van der Waals surface area contributed by atoms with Gasteiger partial charge in [0.1, 0.15) is 18.1 Å². The van der Waals surface area contributed by atoms with E-state index < -0.39 is 54.2 Å². The van der Waals surface area contributed by atoms with Gasteiger partial charge in [-0.3, -0.25) is 19.2 Å². The van der Waals surface area contributed by atoms with Crippen molar-refractivity contribution in [1.29, 1.82) is 0 Å². The second kappa shape index (κ2) is 13.2. The highest BCUT2D eigenvalue weighted by Crippen LogP contribution is 2.19. The first-order chi connectivity index (χ1) is 17.1. The summed E-state index contributed by atoms with van der Waals surface area (Å²) in [5.41, 5.74) is 7.05. The first-order valence-corrected chi connectivity index (χ1v) is 11.7. The Morgan fingerprint density at radius 2 is 1.69 bits per heavy atom. The predicted molar refractivity (Wildman–Crippen MR) is 131 cm³/mol. The van der Waals surface area contributed by atoms with E-state index in [2.05, 4.69) is 20.9 Å². The zero-order valence-corrected chi connectivity index (χ0v) is 20.2. The van der Waals surface area contributed by atoms with Crippen molar-refractivity contribution >= 4 is 40.6 Å². The molecule has 12 nitrogen and oxygen atoms in total. The summed E-state index contributed by atoms with van der Waals surface area (Å²) in [5.74, 6) is -4.92. The van der Waals surface area contributed by atoms with Gasteiger partial charge in [0.25, 0.3) is 0 Å². The van der Waals surface area contributed by atoms with Crippen LogP contribution in [-0.2, 0) is 30.4 Å². The third kappa shape index (κ3) is 7.80. The normalized spacial score (nSPS) is 14.3. The number of carboxylic acid groups (broad SMARTS) is 2. The minimum Gasteiger partial charge on any atom is -0.481 e. The number of H-pyrrole nitrogens is 1.